The van der Waals surface area contributed by atoms with Crippen molar-refractivity contribution in [3.05, 3.63) is 69.4 Å². The lowest BCUT2D eigenvalue weighted by Gasteiger charge is -2.12. The number of esters is 1. The summed E-state index contributed by atoms with van der Waals surface area (Å²) >= 11 is 6.21. The number of aryl methyl sites for hydroxylation is 4. The van der Waals surface area contributed by atoms with Crippen LogP contribution in [0.1, 0.15) is 32.7 Å². The van der Waals surface area contributed by atoms with Crippen LogP contribution in [0.15, 0.2) is 36.4 Å². The summed E-state index contributed by atoms with van der Waals surface area (Å²) in [6.45, 7) is 7.13. The smallest absolute Gasteiger partial charge is 0.339 e. The van der Waals surface area contributed by atoms with Crippen LogP contribution < -0.4 is 5.32 Å². The number of nitrogens with one attached hydrogen (secondary N) is 1. The zero-order valence-corrected chi connectivity index (χ0v) is 17.0. The lowest BCUT2D eigenvalue weighted by atomic mass is 10.1. The highest BCUT2D eigenvalue weighted by atomic mass is 35.5. The van der Waals surface area contributed by atoms with E-state index in [0.717, 1.165) is 16.7 Å². The maximum Gasteiger partial charge on any atom is 0.339 e. The van der Waals surface area contributed by atoms with Crippen LogP contribution in [-0.4, -0.2) is 23.5 Å². The third-order valence-corrected chi connectivity index (χ3v) is 4.64. The Morgan fingerprint density at radius 2 is 1.79 bits per heavy atom. The van der Waals surface area contributed by atoms with E-state index in [1.165, 1.54) is 0 Å². The summed E-state index contributed by atoms with van der Waals surface area (Å²) in [5.74, 6) is -1.02. The van der Waals surface area contributed by atoms with Crippen molar-refractivity contribution in [2.75, 3.05) is 11.9 Å². The van der Waals surface area contributed by atoms with Crippen molar-refractivity contribution < 1.29 is 14.3 Å². The molecule has 144 valence electrons. The Morgan fingerprint density at radius 1 is 1.04 bits per heavy atom. The summed E-state index contributed by atoms with van der Waals surface area (Å²) in [4.78, 5) is 29.3. The summed E-state index contributed by atoms with van der Waals surface area (Å²) in [7, 11) is 0. The molecule has 0 aliphatic carbocycles. The van der Waals surface area contributed by atoms with Crippen LogP contribution in [0.25, 0.3) is 10.9 Å². The molecule has 3 rings (SSSR count). The van der Waals surface area contributed by atoms with Crippen LogP contribution in [0.5, 0.6) is 0 Å². The standard InChI is InChI=1S/C22H21ClN2O3/c1-12-5-6-19-16(8-12)17(10-15(4)24-19)22(27)28-11-20(26)25-21-14(3)7-13(2)9-18(21)23/h5-10H,11H2,1-4H3,(H,25,26). The normalized spacial score (nSPS) is 10.8. The third-order valence-electron chi connectivity index (χ3n) is 4.34. The molecular formula is C22H21ClN2O3. The molecule has 0 bridgehead atoms. The number of hydrogen-bond donors (Lipinski definition) is 1. The number of nitrogens with zero attached hydrogens (tertiary/aromatic N) is 1. The molecule has 6 heteroatoms. The molecule has 5 nitrogen and oxygen atoms in total. The first-order chi connectivity index (χ1) is 13.2. The van der Waals surface area contributed by atoms with Crippen molar-refractivity contribution in [3.8, 4) is 0 Å². The van der Waals surface area contributed by atoms with E-state index >= 15 is 0 Å². The molecule has 2 aromatic carbocycles. The lowest BCUT2D eigenvalue weighted by Crippen LogP contribution is -2.21. The molecule has 1 amide bonds. The number of amides is 1. The molecule has 0 unspecified atom stereocenters. The fourth-order valence-corrected chi connectivity index (χ4v) is 3.47. The van der Waals surface area contributed by atoms with Crippen LogP contribution in [0, 0.1) is 27.7 Å². The van der Waals surface area contributed by atoms with Crippen molar-refractivity contribution >= 4 is 40.1 Å². The van der Waals surface area contributed by atoms with E-state index < -0.39 is 18.5 Å². The van der Waals surface area contributed by atoms with Crippen LogP contribution in [-0.2, 0) is 9.53 Å². The van der Waals surface area contributed by atoms with Gasteiger partial charge in [-0.15, -0.1) is 0 Å². The lowest BCUT2D eigenvalue weighted by molar-refractivity contribution is -0.119. The van der Waals surface area contributed by atoms with Gasteiger partial charge >= 0.3 is 5.97 Å². The second kappa shape index (κ2) is 7.98. The Kier molecular flexibility index (Phi) is 5.66. The summed E-state index contributed by atoms with van der Waals surface area (Å²) in [5.41, 5.74) is 5.18. The highest BCUT2D eigenvalue weighted by molar-refractivity contribution is 6.34. The molecule has 1 heterocycles. The quantitative estimate of drug-likeness (QED) is 0.635. The fraction of sp³-hybridized carbons (Fsp3) is 0.227. The van der Waals surface area contributed by atoms with Crippen LogP contribution in [0.3, 0.4) is 0 Å². The van der Waals surface area contributed by atoms with E-state index in [4.69, 9.17) is 16.3 Å². The van der Waals surface area contributed by atoms with Gasteiger partial charge in [0.05, 0.1) is 21.8 Å². The number of fused-ring (bicyclic) bond motifs is 1. The molecule has 1 N–H and O–H groups in total. The first-order valence-corrected chi connectivity index (χ1v) is 9.24. The molecule has 0 aliphatic heterocycles. The molecule has 0 saturated carbocycles. The van der Waals surface area contributed by atoms with Crippen LogP contribution in [0.4, 0.5) is 5.69 Å². The minimum Gasteiger partial charge on any atom is -0.452 e. The first-order valence-electron chi connectivity index (χ1n) is 8.86. The maximum atomic E-state index is 12.6. The summed E-state index contributed by atoms with van der Waals surface area (Å²) in [5, 5.41) is 3.86. The number of carbonyl (C=O) groups excluding carboxylic acids is 2. The second-order valence-electron chi connectivity index (χ2n) is 6.89. The van der Waals surface area contributed by atoms with Gasteiger partial charge in [-0.25, -0.2) is 4.79 Å². The number of pyridine rings is 1. The molecule has 0 atom stereocenters. The number of benzene rings is 2. The Labute approximate surface area is 168 Å². The molecular weight excluding hydrogens is 376 g/mol. The van der Waals surface area contributed by atoms with Crippen molar-refractivity contribution in [1.29, 1.82) is 0 Å². The monoisotopic (exact) mass is 396 g/mol. The van der Waals surface area contributed by atoms with Gasteiger partial charge in [-0.2, -0.15) is 0 Å². The molecule has 0 radical (unpaired) electrons. The van der Waals surface area contributed by atoms with E-state index in [0.29, 0.717) is 32.9 Å². The average molecular weight is 397 g/mol. The molecule has 3 aromatic rings. The Hall–Kier alpha value is -2.92. The van der Waals surface area contributed by atoms with E-state index in [1.807, 2.05) is 52.0 Å². The Bertz CT molecular complexity index is 1070. The number of aromatic nitrogens is 1. The number of ether oxygens (including phenoxy) is 1. The Balaban J connectivity index is 1.75. The van der Waals surface area contributed by atoms with Crippen molar-refractivity contribution in [2.45, 2.75) is 27.7 Å². The van der Waals surface area contributed by atoms with E-state index in [9.17, 15) is 9.59 Å². The summed E-state index contributed by atoms with van der Waals surface area (Å²) < 4.78 is 5.25. The first kappa shape index (κ1) is 19.8. The molecule has 1 aromatic heterocycles. The number of carbonyl (C=O) groups is 2. The Morgan fingerprint density at radius 3 is 2.50 bits per heavy atom. The predicted octanol–water partition coefficient (Wildman–Crippen LogP) is 4.92. The van der Waals surface area contributed by atoms with Crippen molar-refractivity contribution in [2.24, 2.45) is 0 Å². The highest BCUT2D eigenvalue weighted by Gasteiger charge is 2.16. The minimum absolute atomic E-state index is 0.392. The van der Waals surface area contributed by atoms with Gasteiger partial charge in [0, 0.05) is 11.1 Å². The van der Waals surface area contributed by atoms with Gasteiger partial charge in [0.15, 0.2) is 6.61 Å². The molecule has 0 saturated heterocycles. The number of anilines is 1. The largest absolute Gasteiger partial charge is 0.452 e. The molecule has 0 fully saturated rings. The van der Waals surface area contributed by atoms with E-state index in [1.54, 1.807) is 12.1 Å². The van der Waals surface area contributed by atoms with Gasteiger partial charge < -0.3 is 10.1 Å². The average Bonchev–Trinajstić information content (AvgIpc) is 2.62. The van der Waals surface area contributed by atoms with Gasteiger partial charge in [0.1, 0.15) is 0 Å². The number of rotatable bonds is 4. The molecule has 28 heavy (non-hydrogen) atoms. The third kappa shape index (κ3) is 4.31. The van der Waals surface area contributed by atoms with Gasteiger partial charge in [0.2, 0.25) is 0 Å². The predicted molar refractivity (Wildman–Crippen MR) is 111 cm³/mol. The SMILES string of the molecule is Cc1cc(C)c(NC(=O)COC(=O)c2cc(C)nc3ccc(C)cc23)c(Cl)c1. The number of hydrogen-bond acceptors (Lipinski definition) is 4. The van der Waals surface area contributed by atoms with E-state index in [2.05, 4.69) is 10.3 Å². The molecule has 0 aliphatic rings. The van der Waals surface area contributed by atoms with Gasteiger partial charge in [-0.1, -0.05) is 29.3 Å². The topological polar surface area (TPSA) is 68.3 Å². The van der Waals surface area contributed by atoms with Crippen molar-refractivity contribution in [1.82, 2.24) is 4.98 Å². The maximum absolute atomic E-state index is 12.6. The highest BCUT2D eigenvalue weighted by Crippen LogP contribution is 2.27. The fourth-order valence-electron chi connectivity index (χ4n) is 3.10. The summed E-state index contributed by atoms with van der Waals surface area (Å²) in [6, 6.07) is 11.0. The zero-order valence-electron chi connectivity index (χ0n) is 16.2. The summed E-state index contributed by atoms with van der Waals surface area (Å²) in [6.07, 6.45) is 0. The van der Waals surface area contributed by atoms with Crippen molar-refractivity contribution in [3.63, 3.8) is 0 Å². The van der Waals surface area contributed by atoms with Crippen LogP contribution in [0.2, 0.25) is 5.02 Å². The number of halogens is 1. The van der Waals surface area contributed by atoms with Gasteiger partial charge in [0.25, 0.3) is 5.91 Å². The van der Waals surface area contributed by atoms with E-state index in [-0.39, 0.29) is 0 Å². The van der Waals surface area contributed by atoms with Gasteiger partial charge in [-0.05, 0) is 63.1 Å². The van der Waals surface area contributed by atoms with Crippen LogP contribution >= 0.6 is 11.6 Å². The minimum atomic E-state index is -0.567. The zero-order chi connectivity index (χ0) is 20.4. The van der Waals surface area contributed by atoms with Gasteiger partial charge in [-0.3, -0.25) is 9.78 Å². The molecule has 0 spiro atoms. The second-order valence-corrected chi connectivity index (χ2v) is 7.30.